The number of aromatic nitrogens is 3. The Balaban J connectivity index is 1.86. The highest BCUT2D eigenvalue weighted by Crippen LogP contribution is 2.33. The second-order valence-electron chi connectivity index (χ2n) is 4.86. The highest BCUT2D eigenvalue weighted by molar-refractivity contribution is 7.16. The molecule has 0 fully saturated rings. The van der Waals surface area contributed by atoms with Crippen LogP contribution in [0.15, 0.2) is 18.5 Å². The lowest BCUT2D eigenvalue weighted by Crippen LogP contribution is -2.43. The second-order valence-corrected chi connectivity index (χ2v) is 6.60. The molecule has 2 N–H and O–H groups in total. The summed E-state index contributed by atoms with van der Waals surface area (Å²) in [6, 6.07) is 4.23. The van der Waals surface area contributed by atoms with Crippen LogP contribution in [-0.2, 0) is 13.1 Å². The maximum absolute atomic E-state index is 6.18. The van der Waals surface area contributed by atoms with Crippen molar-refractivity contribution >= 4 is 22.9 Å². The van der Waals surface area contributed by atoms with E-state index in [-0.39, 0.29) is 12.1 Å². The number of hydrogen-bond donors (Lipinski definition) is 1. The van der Waals surface area contributed by atoms with Crippen LogP contribution in [-0.4, -0.2) is 32.3 Å². The van der Waals surface area contributed by atoms with Gasteiger partial charge in [0.2, 0.25) is 0 Å². The zero-order chi connectivity index (χ0) is 13.4. The Labute approximate surface area is 121 Å². The van der Waals surface area contributed by atoms with Crippen LogP contribution in [0.5, 0.6) is 0 Å². The van der Waals surface area contributed by atoms with Crippen molar-refractivity contribution in [3.05, 3.63) is 33.5 Å². The molecule has 2 unspecified atom stereocenters. The van der Waals surface area contributed by atoms with Crippen molar-refractivity contribution in [1.82, 2.24) is 19.7 Å². The van der Waals surface area contributed by atoms with Crippen molar-refractivity contribution in [2.45, 2.75) is 32.1 Å². The quantitative estimate of drug-likeness (QED) is 0.940. The summed E-state index contributed by atoms with van der Waals surface area (Å²) in [4.78, 5) is 3.57. The van der Waals surface area contributed by atoms with Crippen LogP contribution in [0.25, 0.3) is 0 Å². The van der Waals surface area contributed by atoms with Crippen molar-refractivity contribution in [2.75, 3.05) is 6.54 Å². The van der Waals surface area contributed by atoms with Crippen LogP contribution in [0.3, 0.4) is 0 Å². The SMILES string of the molecule is CC(N)C(c1ccc(Cl)s1)N1CCn2cnnc2C1. The normalized spacial score (nSPS) is 19.1. The van der Waals surface area contributed by atoms with Crippen molar-refractivity contribution < 1.29 is 0 Å². The Kier molecular flexibility index (Phi) is 3.58. The molecular weight excluding hydrogens is 282 g/mol. The summed E-state index contributed by atoms with van der Waals surface area (Å²) < 4.78 is 2.90. The summed E-state index contributed by atoms with van der Waals surface area (Å²) in [6.07, 6.45) is 1.79. The fraction of sp³-hybridized carbons (Fsp3) is 0.500. The molecule has 3 heterocycles. The molecule has 0 aliphatic carbocycles. The van der Waals surface area contributed by atoms with Crippen molar-refractivity contribution in [3.63, 3.8) is 0 Å². The fourth-order valence-electron chi connectivity index (χ4n) is 2.58. The second kappa shape index (κ2) is 5.20. The predicted octanol–water partition coefficient (Wildman–Crippen LogP) is 1.90. The summed E-state index contributed by atoms with van der Waals surface area (Å²) >= 11 is 7.65. The minimum absolute atomic E-state index is 0.0455. The molecule has 1 aliphatic heterocycles. The van der Waals surface area contributed by atoms with Crippen LogP contribution in [0.1, 0.15) is 23.7 Å². The molecule has 7 heteroatoms. The monoisotopic (exact) mass is 297 g/mol. The summed E-state index contributed by atoms with van der Waals surface area (Å²) in [5.74, 6) is 1.000. The number of fused-ring (bicyclic) bond motifs is 1. The molecule has 1 aliphatic rings. The molecule has 2 atom stereocenters. The first-order valence-electron chi connectivity index (χ1n) is 6.26. The van der Waals surface area contributed by atoms with E-state index in [0.29, 0.717) is 0 Å². The number of nitrogens with zero attached hydrogens (tertiary/aromatic N) is 4. The standard InChI is InChI=1S/C12H16ClN5S/c1-8(14)12(9-2-3-10(13)19-9)17-4-5-18-7-15-16-11(18)6-17/h2-3,7-8,12H,4-6,14H2,1H3. The molecule has 0 radical (unpaired) electrons. The highest BCUT2D eigenvalue weighted by atomic mass is 35.5. The molecular formula is C12H16ClN5S. The zero-order valence-electron chi connectivity index (χ0n) is 10.7. The molecule has 5 nitrogen and oxygen atoms in total. The van der Waals surface area contributed by atoms with Gasteiger partial charge < -0.3 is 10.3 Å². The van der Waals surface area contributed by atoms with Gasteiger partial charge in [-0.25, -0.2) is 0 Å². The lowest BCUT2D eigenvalue weighted by Gasteiger charge is -2.36. The Morgan fingerprint density at radius 3 is 2.95 bits per heavy atom. The first-order chi connectivity index (χ1) is 9.15. The van der Waals surface area contributed by atoms with Gasteiger partial charge in [-0.3, -0.25) is 4.90 Å². The molecule has 0 bridgehead atoms. The molecule has 0 spiro atoms. The minimum atomic E-state index is 0.0455. The van der Waals surface area contributed by atoms with E-state index in [0.717, 1.165) is 29.8 Å². The fourth-order valence-corrected chi connectivity index (χ4v) is 3.89. The summed E-state index contributed by atoms with van der Waals surface area (Å²) in [5, 5.41) is 8.11. The van der Waals surface area contributed by atoms with Crippen molar-refractivity contribution in [3.8, 4) is 0 Å². The van der Waals surface area contributed by atoms with E-state index >= 15 is 0 Å². The molecule has 3 rings (SSSR count). The molecule has 0 aromatic carbocycles. The smallest absolute Gasteiger partial charge is 0.147 e. The van der Waals surface area contributed by atoms with E-state index in [2.05, 4.69) is 25.7 Å². The lowest BCUT2D eigenvalue weighted by molar-refractivity contribution is 0.138. The van der Waals surface area contributed by atoms with Crippen molar-refractivity contribution in [1.29, 1.82) is 0 Å². The van der Waals surface area contributed by atoms with Gasteiger partial charge in [0, 0.05) is 24.0 Å². The maximum atomic E-state index is 6.18. The van der Waals surface area contributed by atoms with Crippen LogP contribution >= 0.6 is 22.9 Å². The van der Waals surface area contributed by atoms with Gasteiger partial charge in [0.05, 0.1) is 16.9 Å². The summed E-state index contributed by atoms with van der Waals surface area (Å²) in [6.45, 7) is 4.68. The van der Waals surface area contributed by atoms with Gasteiger partial charge in [-0.15, -0.1) is 21.5 Å². The third-order valence-corrected chi connectivity index (χ3v) is 4.75. The summed E-state index contributed by atoms with van der Waals surface area (Å²) in [5.41, 5.74) is 6.18. The Hall–Kier alpha value is -0.950. The average Bonchev–Trinajstić information content (AvgIpc) is 2.97. The lowest BCUT2D eigenvalue weighted by atomic mass is 10.1. The van der Waals surface area contributed by atoms with Gasteiger partial charge in [-0.1, -0.05) is 11.6 Å². The van der Waals surface area contributed by atoms with Gasteiger partial charge in [-0.2, -0.15) is 0 Å². The summed E-state index contributed by atoms with van der Waals surface area (Å²) in [7, 11) is 0. The number of rotatable bonds is 3. The van der Waals surface area contributed by atoms with E-state index in [1.165, 1.54) is 4.88 Å². The van der Waals surface area contributed by atoms with Crippen LogP contribution < -0.4 is 5.73 Å². The average molecular weight is 298 g/mol. The third-order valence-electron chi connectivity index (χ3n) is 3.45. The topological polar surface area (TPSA) is 60.0 Å². The third kappa shape index (κ3) is 2.53. The van der Waals surface area contributed by atoms with Crippen LogP contribution in [0.4, 0.5) is 0 Å². The van der Waals surface area contributed by atoms with Gasteiger partial charge in [0.15, 0.2) is 0 Å². The van der Waals surface area contributed by atoms with Crippen LogP contribution in [0, 0.1) is 0 Å². The Morgan fingerprint density at radius 1 is 1.42 bits per heavy atom. The number of nitrogens with two attached hydrogens (primary N) is 1. The van der Waals surface area contributed by atoms with E-state index in [1.807, 2.05) is 13.0 Å². The van der Waals surface area contributed by atoms with Gasteiger partial charge in [-0.05, 0) is 19.1 Å². The molecule has 19 heavy (non-hydrogen) atoms. The molecule has 2 aromatic rings. The Morgan fingerprint density at radius 2 is 2.26 bits per heavy atom. The number of thiophene rings is 1. The van der Waals surface area contributed by atoms with E-state index in [4.69, 9.17) is 17.3 Å². The predicted molar refractivity (Wildman–Crippen MR) is 76.2 cm³/mol. The Bertz CT molecular complexity index is 564. The molecule has 0 saturated heterocycles. The first-order valence-corrected chi connectivity index (χ1v) is 7.46. The number of hydrogen-bond acceptors (Lipinski definition) is 5. The van der Waals surface area contributed by atoms with Gasteiger partial charge in [0.25, 0.3) is 0 Å². The molecule has 0 saturated carbocycles. The van der Waals surface area contributed by atoms with Gasteiger partial charge >= 0.3 is 0 Å². The van der Waals surface area contributed by atoms with Gasteiger partial charge in [0.1, 0.15) is 12.2 Å². The maximum Gasteiger partial charge on any atom is 0.147 e. The largest absolute Gasteiger partial charge is 0.326 e. The van der Waals surface area contributed by atoms with E-state index in [1.54, 1.807) is 17.7 Å². The molecule has 102 valence electrons. The van der Waals surface area contributed by atoms with Crippen LogP contribution in [0.2, 0.25) is 4.34 Å². The molecule has 0 amide bonds. The van der Waals surface area contributed by atoms with E-state index < -0.39 is 0 Å². The first kappa shape index (κ1) is 13.1. The van der Waals surface area contributed by atoms with Crippen molar-refractivity contribution in [2.24, 2.45) is 5.73 Å². The highest BCUT2D eigenvalue weighted by Gasteiger charge is 2.29. The van der Waals surface area contributed by atoms with E-state index in [9.17, 15) is 0 Å². The number of halogens is 1. The molecule has 2 aromatic heterocycles. The minimum Gasteiger partial charge on any atom is -0.326 e. The zero-order valence-corrected chi connectivity index (χ0v) is 12.2.